The summed E-state index contributed by atoms with van der Waals surface area (Å²) in [5.41, 5.74) is 1.14. The number of hydrogen-bond donors (Lipinski definition) is 1. The van der Waals surface area contributed by atoms with Gasteiger partial charge in [-0.25, -0.2) is 4.39 Å². The van der Waals surface area contributed by atoms with Crippen LogP contribution in [0.25, 0.3) is 0 Å². The SMILES string of the molecule is O=C(CCC1CCN(C(=O)c2ccccc2Cl)CC1)Nc1ccc(F)cc1. The Morgan fingerprint density at radius 3 is 2.41 bits per heavy atom. The predicted octanol–water partition coefficient (Wildman–Crippen LogP) is 4.75. The highest BCUT2D eigenvalue weighted by Crippen LogP contribution is 2.25. The number of nitrogens with one attached hydrogen (secondary N) is 1. The molecule has 4 nitrogen and oxygen atoms in total. The fourth-order valence-electron chi connectivity index (χ4n) is 3.32. The van der Waals surface area contributed by atoms with E-state index in [9.17, 15) is 14.0 Å². The molecule has 0 spiro atoms. The van der Waals surface area contributed by atoms with Crippen LogP contribution in [0.15, 0.2) is 48.5 Å². The lowest BCUT2D eigenvalue weighted by molar-refractivity contribution is -0.116. The van der Waals surface area contributed by atoms with Crippen molar-refractivity contribution in [3.05, 3.63) is 64.9 Å². The minimum absolute atomic E-state index is 0.0342. The monoisotopic (exact) mass is 388 g/mol. The smallest absolute Gasteiger partial charge is 0.255 e. The van der Waals surface area contributed by atoms with Gasteiger partial charge in [-0.05, 0) is 61.6 Å². The lowest BCUT2D eigenvalue weighted by Crippen LogP contribution is -2.38. The number of carbonyl (C=O) groups excluding carboxylic acids is 2. The Labute approximate surface area is 163 Å². The maximum Gasteiger partial charge on any atom is 0.255 e. The molecule has 1 aliphatic heterocycles. The highest BCUT2D eigenvalue weighted by Gasteiger charge is 2.25. The van der Waals surface area contributed by atoms with Crippen LogP contribution in [0.3, 0.4) is 0 Å². The van der Waals surface area contributed by atoms with Crippen LogP contribution in [0.5, 0.6) is 0 Å². The molecule has 0 unspecified atom stereocenters. The molecule has 0 aromatic heterocycles. The zero-order chi connectivity index (χ0) is 19.2. The lowest BCUT2D eigenvalue weighted by atomic mass is 9.91. The van der Waals surface area contributed by atoms with Crippen LogP contribution >= 0.6 is 11.6 Å². The van der Waals surface area contributed by atoms with Gasteiger partial charge in [0.1, 0.15) is 5.82 Å². The van der Waals surface area contributed by atoms with Crippen LogP contribution in [0.1, 0.15) is 36.0 Å². The normalized spacial score (nSPS) is 14.8. The third kappa shape index (κ3) is 5.30. The van der Waals surface area contributed by atoms with Crippen LogP contribution in [0.2, 0.25) is 5.02 Å². The number of benzene rings is 2. The summed E-state index contributed by atoms with van der Waals surface area (Å²) >= 11 is 6.11. The first kappa shape index (κ1) is 19.4. The van der Waals surface area contributed by atoms with Gasteiger partial charge in [0.2, 0.25) is 5.91 Å². The minimum atomic E-state index is -0.328. The topological polar surface area (TPSA) is 49.4 Å². The Hall–Kier alpha value is -2.40. The highest BCUT2D eigenvalue weighted by atomic mass is 35.5. The van der Waals surface area contributed by atoms with Crippen molar-refractivity contribution in [2.24, 2.45) is 5.92 Å². The maximum absolute atomic E-state index is 12.9. The van der Waals surface area contributed by atoms with Gasteiger partial charge in [0.05, 0.1) is 10.6 Å². The number of anilines is 1. The van der Waals surface area contributed by atoms with E-state index >= 15 is 0 Å². The van der Waals surface area contributed by atoms with Gasteiger partial charge in [-0.3, -0.25) is 9.59 Å². The van der Waals surface area contributed by atoms with Crippen molar-refractivity contribution in [3.63, 3.8) is 0 Å². The van der Waals surface area contributed by atoms with Crippen LogP contribution in [0.4, 0.5) is 10.1 Å². The van der Waals surface area contributed by atoms with Crippen molar-refractivity contribution in [3.8, 4) is 0 Å². The van der Waals surface area contributed by atoms with Gasteiger partial charge < -0.3 is 10.2 Å². The minimum Gasteiger partial charge on any atom is -0.339 e. The Morgan fingerprint density at radius 2 is 1.74 bits per heavy atom. The van der Waals surface area contributed by atoms with E-state index in [1.807, 2.05) is 17.0 Å². The maximum atomic E-state index is 12.9. The summed E-state index contributed by atoms with van der Waals surface area (Å²) in [6, 6.07) is 12.8. The van der Waals surface area contributed by atoms with Crippen molar-refractivity contribution in [2.75, 3.05) is 18.4 Å². The van der Waals surface area contributed by atoms with E-state index in [0.29, 0.717) is 41.7 Å². The van der Waals surface area contributed by atoms with Crippen molar-refractivity contribution < 1.29 is 14.0 Å². The Bertz CT molecular complexity index is 802. The first-order chi connectivity index (χ1) is 13.0. The van der Waals surface area contributed by atoms with E-state index in [1.54, 1.807) is 24.3 Å². The number of halogens is 2. The van der Waals surface area contributed by atoms with Crippen LogP contribution in [-0.2, 0) is 4.79 Å². The first-order valence-corrected chi connectivity index (χ1v) is 9.50. The summed E-state index contributed by atoms with van der Waals surface area (Å²) in [6.07, 6.45) is 2.95. The third-order valence-electron chi connectivity index (χ3n) is 4.91. The van der Waals surface area contributed by atoms with E-state index in [1.165, 1.54) is 12.1 Å². The zero-order valence-electron chi connectivity index (χ0n) is 15.0. The van der Waals surface area contributed by atoms with E-state index in [4.69, 9.17) is 11.6 Å². The summed E-state index contributed by atoms with van der Waals surface area (Å²) < 4.78 is 12.9. The van der Waals surface area contributed by atoms with Crippen molar-refractivity contribution in [1.82, 2.24) is 4.90 Å². The molecule has 1 N–H and O–H groups in total. The fourth-order valence-corrected chi connectivity index (χ4v) is 3.54. The van der Waals surface area contributed by atoms with Crippen LogP contribution in [-0.4, -0.2) is 29.8 Å². The van der Waals surface area contributed by atoms with Crippen LogP contribution in [0, 0.1) is 11.7 Å². The average Bonchev–Trinajstić information content (AvgIpc) is 2.68. The number of likely N-dealkylation sites (tertiary alicyclic amines) is 1. The number of amides is 2. The van der Waals surface area contributed by atoms with E-state index < -0.39 is 0 Å². The van der Waals surface area contributed by atoms with Crippen molar-refractivity contribution in [2.45, 2.75) is 25.7 Å². The molecule has 27 heavy (non-hydrogen) atoms. The zero-order valence-corrected chi connectivity index (χ0v) is 15.7. The summed E-state index contributed by atoms with van der Waals surface area (Å²) in [4.78, 5) is 26.5. The molecule has 2 aromatic rings. The molecule has 0 saturated carbocycles. The van der Waals surface area contributed by atoms with Gasteiger partial charge in [0.25, 0.3) is 5.91 Å². The molecule has 0 aliphatic carbocycles. The number of rotatable bonds is 5. The molecular formula is C21H22ClFN2O2. The molecule has 1 fully saturated rings. The van der Waals surface area contributed by atoms with E-state index in [-0.39, 0.29) is 17.6 Å². The highest BCUT2D eigenvalue weighted by molar-refractivity contribution is 6.33. The molecule has 1 heterocycles. The molecular weight excluding hydrogens is 367 g/mol. The van der Waals surface area contributed by atoms with Crippen LogP contribution < -0.4 is 5.32 Å². The summed E-state index contributed by atoms with van der Waals surface area (Å²) in [5, 5.41) is 3.25. The summed E-state index contributed by atoms with van der Waals surface area (Å²) in [6.45, 7) is 1.35. The quantitative estimate of drug-likeness (QED) is 0.803. The molecule has 142 valence electrons. The second kappa shape index (κ2) is 9.00. The van der Waals surface area contributed by atoms with Crippen molar-refractivity contribution in [1.29, 1.82) is 0 Å². The molecule has 0 radical (unpaired) electrons. The molecule has 1 saturated heterocycles. The number of carbonyl (C=O) groups is 2. The molecule has 2 aromatic carbocycles. The summed E-state index contributed by atoms with van der Waals surface area (Å²) in [5.74, 6) is -0.0188. The lowest BCUT2D eigenvalue weighted by Gasteiger charge is -2.32. The molecule has 6 heteroatoms. The standard InChI is InChI=1S/C21H22ClFN2O2/c22-19-4-2-1-3-18(19)21(27)25-13-11-15(12-14-25)5-10-20(26)24-17-8-6-16(23)7-9-17/h1-4,6-9,15H,5,10-14H2,(H,24,26). The summed E-state index contributed by atoms with van der Waals surface area (Å²) in [7, 11) is 0. The molecule has 1 aliphatic rings. The van der Waals surface area contributed by atoms with Gasteiger partial charge in [-0.2, -0.15) is 0 Å². The fraction of sp³-hybridized carbons (Fsp3) is 0.333. The number of nitrogens with zero attached hydrogens (tertiary/aromatic N) is 1. The number of hydrogen-bond acceptors (Lipinski definition) is 2. The van der Waals surface area contributed by atoms with Gasteiger partial charge in [-0.1, -0.05) is 23.7 Å². The van der Waals surface area contributed by atoms with E-state index in [0.717, 1.165) is 19.3 Å². The second-order valence-electron chi connectivity index (χ2n) is 6.81. The third-order valence-corrected chi connectivity index (χ3v) is 5.24. The second-order valence-corrected chi connectivity index (χ2v) is 7.22. The average molecular weight is 389 g/mol. The molecule has 2 amide bonds. The Morgan fingerprint density at radius 1 is 1.07 bits per heavy atom. The number of piperidine rings is 1. The van der Waals surface area contributed by atoms with E-state index in [2.05, 4.69) is 5.32 Å². The van der Waals surface area contributed by atoms with Gasteiger partial charge in [0, 0.05) is 25.2 Å². The Kier molecular flexibility index (Phi) is 6.45. The van der Waals surface area contributed by atoms with Gasteiger partial charge in [-0.15, -0.1) is 0 Å². The molecule has 3 rings (SSSR count). The molecule has 0 atom stereocenters. The predicted molar refractivity (Wildman–Crippen MR) is 104 cm³/mol. The first-order valence-electron chi connectivity index (χ1n) is 9.12. The molecule has 0 bridgehead atoms. The van der Waals surface area contributed by atoms with Gasteiger partial charge in [0.15, 0.2) is 0 Å². The largest absolute Gasteiger partial charge is 0.339 e. The Balaban J connectivity index is 1.43. The van der Waals surface area contributed by atoms with Gasteiger partial charge >= 0.3 is 0 Å². The van der Waals surface area contributed by atoms with Crippen molar-refractivity contribution >= 4 is 29.1 Å².